The number of carbonyl (C=O) groups excluding carboxylic acids is 2. The van der Waals surface area contributed by atoms with Gasteiger partial charge in [-0.05, 0) is 31.7 Å². The van der Waals surface area contributed by atoms with Gasteiger partial charge in [-0.2, -0.15) is 18.2 Å². The molecule has 1 saturated heterocycles. The first-order valence-electron chi connectivity index (χ1n) is 7.14. The third-order valence-corrected chi connectivity index (χ3v) is 4.96. The molecule has 1 aliphatic heterocycles. The maximum absolute atomic E-state index is 12.5. The average Bonchev–Trinajstić information content (AvgIpc) is 2.80. The van der Waals surface area contributed by atoms with Gasteiger partial charge in [0.05, 0.1) is 18.1 Å². The molecule has 0 saturated carbocycles. The van der Waals surface area contributed by atoms with E-state index in [1.54, 1.807) is 54.1 Å². The quantitative estimate of drug-likeness (QED) is 0.456. The zero-order chi connectivity index (χ0) is 18.1. The van der Waals surface area contributed by atoms with Crippen molar-refractivity contribution in [1.82, 2.24) is 9.91 Å². The number of hydrazine groups is 1. The summed E-state index contributed by atoms with van der Waals surface area (Å²) in [5, 5.41) is 3.36. The van der Waals surface area contributed by atoms with Gasteiger partial charge in [0, 0.05) is 11.9 Å². The number of rotatable bonds is 5. The molecule has 0 bridgehead atoms. The van der Waals surface area contributed by atoms with Gasteiger partial charge in [-0.15, -0.1) is 11.8 Å². The Labute approximate surface area is 142 Å². The zero-order valence-corrected chi connectivity index (χ0v) is 14.3. The lowest BCUT2D eigenvalue weighted by atomic mass is 10.2. The molecule has 1 unspecified atom stereocenters. The number of alkyl halides is 3. The van der Waals surface area contributed by atoms with E-state index in [9.17, 15) is 22.8 Å². The minimum atomic E-state index is -4.24. The molecule has 0 aromatic heterocycles. The Balaban J connectivity index is 2.23. The topological polar surface area (TPSA) is 43.9 Å². The van der Waals surface area contributed by atoms with Crippen molar-refractivity contribution in [3.63, 3.8) is 0 Å². The van der Waals surface area contributed by atoms with Gasteiger partial charge in [-0.3, -0.25) is 19.5 Å². The summed E-state index contributed by atoms with van der Waals surface area (Å²) in [5.74, 6) is -1.53. The number of thioether (sulfide) groups is 1. The van der Waals surface area contributed by atoms with Gasteiger partial charge in [0.25, 0.3) is 0 Å². The van der Waals surface area contributed by atoms with Crippen molar-refractivity contribution in [2.24, 2.45) is 0 Å². The molecular formula is C15H18F3N3O2S. The van der Waals surface area contributed by atoms with Crippen LogP contribution in [0.3, 0.4) is 0 Å². The molecule has 1 atom stereocenters. The van der Waals surface area contributed by atoms with Crippen LogP contribution in [0.4, 0.5) is 18.9 Å². The minimum absolute atomic E-state index is 0.279. The highest BCUT2D eigenvalue weighted by Gasteiger charge is 2.38. The standard InChI is InChI=1S/C15H18F3N3O2S/c1-10-4-5-11(6-13(10)24-8-15(16,17)18)21-9-19(2)14(20(21)3)12(23)7-22/h4-7,14H,8-9H2,1-3H3. The van der Waals surface area contributed by atoms with Gasteiger partial charge >= 0.3 is 6.18 Å². The molecule has 0 amide bonds. The van der Waals surface area contributed by atoms with E-state index in [2.05, 4.69) is 0 Å². The second kappa shape index (κ2) is 7.12. The first-order valence-corrected chi connectivity index (χ1v) is 8.12. The predicted molar refractivity (Wildman–Crippen MR) is 85.7 cm³/mol. The van der Waals surface area contributed by atoms with Crippen LogP contribution in [0.25, 0.3) is 0 Å². The number of benzene rings is 1. The zero-order valence-electron chi connectivity index (χ0n) is 13.5. The number of ketones is 1. The van der Waals surface area contributed by atoms with E-state index in [1.165, 1.54) is 0 Å². The molecule has 5 nitrogen and oxygen atoms in total. The molecule has 9 heteroatoms. The maximum atomic E-state index is 12.5. The fourth-order valence-corrected chi connectivity index (χ4v) is 3.42. The Morgan fingerprint density at radius 1 is 1.38 bits per heavy atom. The molecule has 0 aliphatic carbocycles. The van der Waals surface area contributed by atoms with Gasteiger partial charge in [-0.25, -0.2) is 0 Å². The van der Waals surface area contributed by atoms with E-state index in [0.717, 1.165) is 17.3 Å². The highest BCUT2D eigenvalue weighted by molar-refractivity contribution is 7.99. The van der Waals surface area contributed by atoms with Gasteiger partial charge in [-0.1, -0.05) is 6.07 Å². The normalized spacial score (nSPS) is 19.8. The van der Waals surface area contributed by atoms with Gasteiger partial charge in [0.15, 0.2) is 6.29 Å². The average molecular weight is 361 g/mol. The highest BCUT2D eigenvalue weighted by Crippen LogP contribution is 2.33. The summed E-state index contributed by atoms with van der Waals surface area (Å²) >= 11 is 0.734. The van der Waals surface area contributed by atoms with Crippen LogP contribution in [0.1, 0.15) is 5.56 Å². The van der Waals surface area contributed by atoms with Crippen molar-refractivity contribution in [2.75, 3.05) is 31.5 Å². The Hall–Kier alpha value is -1.58. The van der Waals surface area contributed by atoms with Crippen LogP contribution in [0.2, 0.25) is 0 Å². The summed E-state index contributed by atoms with van der Waals surface area (Å²) < 4.78 is 37.4. The van der Waals surface area contributed by atoms with Crippen LogP contribution >= 0.6 is 11.8 Å². The van der Waals surface area contributed by atoms with Crippen LogP contribution in [-0.2, 0) is 9.59 Å². The first-order chi connectivity index (χ1) is 11.1. The summed E-state index contributed by atoms with van der Waals surface area (Å²) in [6, 6.07) is 5.20. The Kier molecular flexibility index (Phi) is 5.56. The van der Waals surface area contributed by atoms with E-state index in [1.807, 2.05) is 0 Å². The molecule has 1 aromatic carbocycles. The largest absolute Gasteiger partial charge is 0.398 e. The van der Waals surface area contributed by atoms with E-state index in [-0.39, 0.29) is 6.29 Å². The van der Waals surface area contributed by atoms with Crippen LogP contribution < -0.4 is 5.01 Å². The van der Waals surface area contributed by atoms with Gasteiger partial charge < -0.3 is 0 Å². The number of aldehydes is 1. The fraction of sp³-hybridized carbons (Fsp3) is 0.467. The van der Waals surface area contributed by atoms with Gasteiger partial charge in [0.2, 0.25) is 5.78 Å². The van der Waals surface area contributed by atoms with Crippen molar-refractivity contribution in [1.29, 1.82) is 0 Å². The molecule has 132 valence electrons. The van der Waals surface area contributed by atoms with Crippen molar-refractivity contribution in [3.05, 3.63) is 23.8 Å². The van der Waals surface area contributed by atoms with Crippen molar-refractivity contribution in [3.8, 4) is 0 Å². The van der Waals surface area contributed by atoms with Crippen LogP contribution in [0.15, 0.2) is 23.1 Å². The number of anilines is 1. The number of halogens is 3. The number of carbonyl (C=O) groups is 2. The SMILES string of the molecule is Cc1ccc(N2CN(C)C(C(=O)C=O)N2C)cc1SCC(F)(F)F. The molecule has 2 rings (SSSR count). The molecular weight excluding hydrogens is 343 g/mol. The molecule has 1 aromatic rings. The van der Waals surface area contributed by atoms with Crippen molar-refractivity contribution in [2.45, 2.75) is 24.2 Å². The summed E-state index contributed by atoms with van der Waals surface area (Å²) in [6.45, 7) is 2.11. The van der Waals surface area contributed by atoms with E-state index in [0.29, 0.717) is 17.3 Å². The van der Waals surface area contributed by atoms with Crippen molar-refractivity contribution < 1.29 is 22.8 Å². The first kappa shape index (κ1) is 18.8. The third-order valence-electron chi connectivity index (χ3n) is 3.74. The Bertz CT molecular complexity index is 639. The molecule has 0 radical (unpaired) electrons. The molecule has 24 heavy (non-hydrogen) atoms. The van der Waals surface area contributed by atoms with Crippen LogP contribution in [0, 0.1) is 6.92 Å². The number of aryl methyl sites for hydroxylation is 1. The van der Waals surface area contributed by atoms with E-state index >= 15 is 0 Å². The van der Waals surface area contributed by atoms with Crippen LogP contribution in [-0.4, -0.2) is 60.8 Å². The lowest BCUT2D eigenvalue weighted by Gasteiger charge is -2.28. The number of Topliss-reactive ketones (excluding diaryl/α,β-unsaturated/α-hetero) is 1. The molecule has 1 aliphatic rings. The van der Waals surface area contributed by atoms with Crippen molar-refractivity contribution >= 4 is 29.5 Å². The third kappa shape index (κ3) is 4.08. The number of hydrogen-bond donors (Lipinski definition) is 0. The number of nitrogens with zero attached hydrogens (tertiary/aromatic N) is 3. The summed E-state index contributed by atoms with van der Waals surface area (Å²) in [4.78, 5) is 24.7. The second-order valence-electron chi connectivity index (χ2n) is 5.62. The molecule has 1 heterocycles. The number of likely N-dealkylation sites (N-methyl/N-ethyl adjacent to an activating group) is 2. The highest BCUT2D eigenvalue weighted by atomic mass is 32.2. The van der Waals surface area contributed by atoms with Crippen LogP contribution in [0.5, 0.6) is 0 Å². The lowest BCUT2D eigenvalue weighted by molar-refractivity contribution is -0.135. The summed E-state index contributed by atoms with van der Waals surface area (Å²) in [7, 11) is 3.37. The Morgan fingerprint density at radius 2 is 2.04 bits per heavy atom. The maximum Gasteiger partial charge on any atom is 0.398 e. The monoisotopic (exact) mass is 361 g/mol. The van der Waals surface area contributed by atoms with E-state index < -0.39 is 23.9 Å². The van der Waals surface area contributed by atoms with Gasteiger partial charge in [0.1, 0.15) is 6.17 Å². The smallest absolute Gasteiger partial charge is 0.294 e. The second-order valence-corrected chi connectivity index (χ2v) is 6.64. The lowest BCUT2D eigenvalue weighted by Crippen LogP contribution is -2.45. The fourth-order valence-electron chi connectivity index (χ4n) is 2.60. The van der Waals surface area contributed by atoms with E-state index in [4.69, 9.17) is 0 Å². The Morgan fingerprint density at radius 3 is 2.62 bits per heavy atom. The minimum Gasteiger partial charge on any atom is -0.294 e. The summed E-state index contributed by atoms with van der Waals surface area (Å²) in [6.07, 6.45) is -4.67. The predicted octanol–water partition coefficient (Wildman–Crippen LogP) is 2.30. The summed E-state index contributed by atoms with van der Waals surface area (Å²) in [5.41, 5.74) is 1.42. The molecule has 1 fully saturated rings. The molecule has 0 spiro atoms. The number of hydrogen-bond acceptors (Lipinski definition) is 6. The molecule has 0 N–H and O–H groups in total.